The summed E-state index contributed by atoms with van der Waals surface area (Å²) in [6.45, 7) is 2.23. The Morgan fingerprint density at radius 2 is 1.83 bits per heavy atom. The fraction of sp³-hybridized carbons (Fsp3) is 0.300. The number of carbonyl (C=O) groups is 2. The summed E-state index contributed by atoms with van der Waals surface area (Å²) in [4.78, 5) is 36.3. The Morgan fingerprint density at radius 1 is 1.07 bits per heavy atom. The van der Waals surface area contributed by atoms with Gasteiger partial charge in [-0.25, -0.2) is 14.8 Å². The van der Waals surface area contributed by atoms with E-state index < -0.39 is 5.97 Å². The van der Waals surface area contributed by atoms with Crippen LogP contribution in [0.15, 0.2) is 42.7 Å². The van der Waals surface area contributed by atoms with E-state index in [4.69, 9.17) is 14.2 Å². The second-order valence-electron chi connectivity index (χ2n) is 6.47. The number of amides is 1. The zero-order valence-corrected chi connectivity index (χ0v) is 15.7. The van der Waals surface area contributed by atoms with Crippen molar-refractivity contribution in [2.75, 3.05) is 44.5 Å². The van der Waals surface area contributed by atoms with E-state index in [0.717, 1.165) is 5.56 Å². The number of carbonyl (C=O) groups excluding carboxylic acids is 2. The lowest BCUT2D eigenvalue weighted by Crippen LogP contribution is -2.50. The maximum Gasteiger partial charge on any atom is 0.331 e. The fourth-order valence-electron chi connectivity index (χ4n) is 3.06. The number of rotatable bonds is 5. The summed E-state index contributed by atoms with van der Waals surface area (Å²) < 4.78 is 15.6. The highest BCUT2D eigenvalue weighted by atomic mass is 16.7. The number of ether oxygens (including phenoxy) is 3. The second-order valence-corrected chi connectivity index (χ2v) is 6.47. The molecule has 2 aliphatic rings. The number of anilines is 1. The molecule has 1 aromatic heterocycles. The maximum absolute atomic E-state index is 12.3. The van der Waals surface area contributed by atoms with Crippen molar-refractivity contribution in [2.24, 2.45) is 0 Å². The highest BCUT2D eigenvalue weighted by Gasteiger charge is 2.23. The standard InChI is InChI=1S/C20H20N4O5/c25-18(23-8-10-24(11-9-23)20-21-6-1-7-22-20)13-27-19(26)5-3-15-2-4-16-17(12-15)29-14-28-16/h1-7,12H,8-11,13-14H2/b5-3+. The molecule has 150 valence electrons. The zero-order valence-electron chi connectivity index (χ0n) is 15.7. The minimum absolute atomic E-state index is 0.194. The van der Waals surface area contributed by atoms with Gasteiger partial charge in [-0.1, -0.05) is 6.07 Å². The molecular weight excluding hydrogens is 376 g/mol. The summed E-state index contributed by atoms with van der Waals surface area (Å²) in [6.07, 6.45) is 6.27. The Morgan fingerprint density at radius 3 is 2.62 bits per heavy atom. The smallest absolute Gasteiger partial charge is 0.331 e. The van der Waals surface area contributed by atoms with Gasteiger partial charge >= 0.3 is 5.97 Å². The molecule has 1 aromatic carbocycles. The molecule has 1 amide bonds. The molecule has 0 aliphatic carbocycles. The summed E-state index contributed by atoms with van der Waals surface area (Å²) >= 11 is 0. The first kappa shape index (κ1) is 18.7. The molecule has 2 aliphatic heterocycles. The van der Waals surface area contributed by atoms with Crippen LogP contribution >= 0.6 is 0 Å². The van der Waals surface area contributed by atoms with Crippen molar-refractivity contribution < 1.29 is 23.8 Å². The molecule has 0 spiro atoms. The van der Waals surface area contributed by atoms with Crippen molar-refractivity contribution in [1.29, 1.82) is 0 Å². The van der Waals surface area contributed by atoms with Gasteiger partial charge in [-0.15, -0.1) is 0 Å². The first-order chi connectivity index (χ1) is 14.2. The third-order valence-corrected chi connectivity index (χ3v) is 4.61. The number of benzene rings is 1. The molecule has 9 nitrogen and oxygen atoms in total. The lowest BCUT2D eigenvalue weighted by molar-refractivity contribution is -0.148. The minimum atomic E-state index is -0.577. The van der Waals surface area contributed by atoms with Crippen LogP contribution in [0.2, 0.25) is 0 Å². The van der Waals surface area contributed by atoms with Crippen LogP contribution in [0.5, 0.6) is 11.5 Å². The summed E-state index contributed by atoms with van der Waals surface area (Å²) in [7, 11) is 0. The first-order valence-electron chi connectivity index (χ1n) is 9.23. The average Bonchev–Trinajstić information content (AvgIpc) is 3.24. The van der Waals surface area contributed by atoms with E-state index in [9.17, 15) is 9.59 Å². The van der Waals surface area contributed by atoms with Gasteiger partial charge in [-0.05, 0) is 29.8 Å². The van der Waals surface area contributed by atoms with E-state index in [1.165, 1.54) is 6.08 Å². The maximum atomic E-state index is 12.3. The second kappa shape index (κ2) is 8.59. The van der Waals surface area contributed by atoms with Crippen molar-refractivity contribution in [2.45, 2.75) is 0 Å². The number of hydrogen-bond donors (Lipinski definition) is 0. The summed E-state index contributed by atoms with van der Waals surface area (Å²) in [5.74, 6) is 1.17. The van der Waals surface area contributed by atoms with Crippen LogP contribution in [0.25, 0.3) is 6.08 Å². The number of piperazine rings is 1. The van der Waals surface area contributed by atoms with Crippen molar-refractivity contribution in [3.05, 3.63) is 48.3 Å². The molecule has 4 rings (SSSR count). The van der Waals surface area contributed by atoms with Gasteiger partial charge in [0.25, 0.3) is 5.91 Å². The molecule has 0 unspecified atom stereocenters. The molecule has 0 N–H and O–H groups in total. The molecule has 1 saturated heterocycles. The highest BCUT2D eigenvalue weighted by molar-refractivity contribution is 5.89. The molecule has 29 heavy (non-hydrogen) atoms. The van der Waals surface area contributed by atoms with E-state index in [1.54, 1.807) is 47.6 Å². The van der Waals surface area contributed by atoms with Gasteiger partial charge in [0.1, 0.15) is 0 Å². The van der Waals surface area contributed by atoms with Gasteiger partial charge in [-0.3, -0.25) is 4.79 Å². The third-order valence-electron chi connectivity index (χ3n) is 4.61. The zero-order chi connectivity index (χ0) is 20.1. The average molecular weight is 396 g/mol. The topological polar surface area (TPSA) is 94.1 Å². The van der Waals surface area contributed by atoms with Gasteiger partial charge in [-0.2, -0.15) is 0 Å². The molecule has 0 radical (unpaired) electrons. The van der Waals surface area contributed by atoms with E-state index in [1.807, 2.05) is 4.90 Å². The van der Waals surface area contributed by atoms with Crippen LogP contribution in [-0.2, 0) is 14.3 Å². The lowest BCUT2D eigenvalue weighted by Gasteiger charge is -2.34. The first-order valence-corrected chi connectivity index (χ1v) is 9.23. The van der Waals surface area contributed by atoms with Crippen LogP contribution in [0.3, 0.4) is 0 Å². The number of fused-ring (bicyclic) bond motifs is 1. The van der Waals surface area contributed by atoms with Crippen molar-refractivity contribution >= 4 is 23.9 Å². The quantitative estimate of drug-likeness (QED) is 0.548. The van der Waals surface area contributed by atoms with Crippen molar-refractivity contribution in [3.8, 4) is 11.5 Å². The molecule has 3 heterocycles. The molecule has 0 saturated carbocycles. The van der Waals surface area contributed by atoms with E-state index in [2.05, 4.69) is 9.97 Å². The number of hydrogen-bond acceptors (Lipinski definition) is 8. The molecule has 1 fully saturated rings. The lowest BCUT2D eigenvalue weighted by atomic mass is 10.2. The molecule has 9 heteroatoms. The Hall–Kier alpha value is -3.62. The van der Waals surface area contributed by atoms with Gasteiger partial charge < -0.3 is 24.0 Å². The van der Waals surface area contributed by atoms with Gasteiger partial charge in [0, 0.05) is 44.6 Å². The van der Waals surface area contributed by atoms with Crippen molar-refractivity contribution in [1.82, 2.24) is 14.9 Å². The molecule has 2 aromatic rings. The van der Waals surface area contributed by atoms with Crippen LogP contribution in [0.4, 0.5) is 5.95 Å². The molecule has 0 atom stereocenters. The van der Waals surface area contributed by atoms with E-state index in [-0.39, 0.29) is 19.3 Å². The van der Waals surface area contributed by atoms with Crippen LogP contribution in [0.1, 0.15) is 5.56 Å². The normalized spacial score (nSPS) is 15.6. The molecule has 0 bridgehead atoms. The largest absolute Gasteiger partial charge is 0.454 e. The van der Waals surface area contributed by atoms with Crippen LogP contribution in [0, 0.1) is 0 Å². The molecular formula is C20H20N4O5. The third kappa shape index (κ3) is 4.63. The summed E-state index contributed by atoms with van der Waals surface area (Å²) in [6, 6.07) is 7.11. The van der Waals surface area contributed by atoms with E-state index in [0.29, 0.717) is 43.6 Å². The Balaban J connectivity index is 1.22. The minimum Gasteiger partial charge on any atom is -0.454 e. The van der Waals surface area contributed by atoms with Crippen LogP contribution < -0.4 is 14.4 Å². The SMILES string of the molecule is O=C(/C=C/c1ccc2c(c1)OCO2)OCC(=O)N1CCN(c2ncccn2)CC1. The number of aromatic nitrogens is 2. The predicted octanol–water partition coefficient (Wildman–Crippen LogP) is 1.11. The Bertz CT molecular complexity index is 910. The predicted molar refractivity (Wildman–Crippen MR) is 103 cm³/mol. The van der Waals surface area contributed by atoms with Gasteiger partial charge in [0.05, 0.1) is 0 Å². The summed E-state index contributed by atoms with van der Waals surface area (Å²) in [5.41, 5.74) is 0.775. The van der Waals surface area contributed by atoms with E-state index >= 15 is 0 Å². The number of esters is 1. The Labute approximate surface area is 167 Å². The number of nitrogens with zero attached hydrogens (tertiary/aromatic N) is 4. The highest BCUT2D eigenvalue weighted by Crippen LogP contribution is 2.32. The Kier molecular flexibility index (Phi) is 5.55. The van der Waals surface area contributed by atoms with Crippen molar-refractivity contribution in [3.63, 3.8) is 0 Å². The van der Waals surface area contributed by atoms with Gasteiger partial charge in [0.15, 0.2) is 18.1 Å². The van der Waals surface area contributed by atoms with Crippen LogP contribution in [-0.4, -0.2) is 66.3 Å². The monoisotopic (exact) mass is 396 g/mol. The summed E-state index contributed by atoms with van der Waals surface area (Å²) in [5, 5.41) is 0. The van der Waals surface area contributed by atoms with Gasteiger partial charge in [0.2, 0.25) is 12.7 Å². The fourth-order valence-corrected chi connectivity index (χ4v) is 3.06.